The van der Waals surface area contributed by atoms with Crippen molar-refractivity contribution < 1.29 is 8.98 Å². The van der Waals surface area contributed by atoms with Crippen molar-refractivity contribution in [2.45, 2.75) is 12.1 Å². The van der Waals surface area contributed by atoms with Gasteiger partial charge in [0, 0.05) is 19.3 Å². The molecule has 1 rings (SSSR count). The molecule has 0 atom stereocenters. The van der Waals surface area contributed by atoms with E-state index in [0.29, 0.717) is 5.16 Å². The Bertz CT molecular complexity index is 240. The molecule has 11 heavy (non-hydrogen) atoms. The molecule has 5 heteroatoms. The summed E-state index contributed by atoms with van der Waals surface area (Å²) in [5.41, 5.74) is 0. The molecule has 1 heterocycles. The first-order chi connectivity index (χ1) is 5.29. The summed E-state index contributed by atoms with van der Waals surface area (Å²) in [4.78, 5) is 18.0. The Morgan fingerprint density at radius 3 is 2.73 bits per heavy atom. The molecule has 1 aromatic heterocycles. The number of carbonyl (C=O) groups excluding carboxylic acids is 1. The number of hydrogen-bond donors (Lipinski definition) is 0. The van der Waals surface area contributed by atoms with Gasteiger partial charge in [-0.3, -0.25) is 4.79 Å². The standard InChI is InChI=1S/C6H6N2O2S/c1-5(9)10-11-6-7-3-2-4-8-6/h2-4H,1H3. The summed E-state index contributed by atoms with van der Waals surface area (Å²) in [6.45, 7) is 1.33. The van der Waals surface area contributed by atoms with E-state index in [1.807, 2.05) is 0 Å². The summed E-state index contributed by atoms with van der Waals surface area (Å²) in [7, 11) is 0. The van der Waals surface area contributed by atoms with E-state index in [9.17, 15) is 4.79 Å². The fraction of sp³-hybridized carbons (Fsp3) is 0.167. The molecule has 1 aromatic rings. The zero-order chi connectivity index (χ0) is 8.10. The van der Waals surface area contributed by atoms with Gasteiger partial charge >= 0.3 is 5.97 Å². The van der Waals surface area contributed by atoms with Crippen molar-refractivity contribution in [2.75, 3.05) is 0 Å². The van der Waals surface area contributed by atoms with Crippen LogP contribution in [-0.2, 0) is 8.98 Å². The summed E-state index contributed by atoms with van der Waals surface area (Å²) in [5.74, 6) is -0.359. The lowest BCUT2D eigenvalue weighted by Gasteiger charge is -1.94. The number of rotatable bonds is 2. The Labute approximate surface area is 68.2 Å². The highest BCUT2D eigenvalue weighted by atomic mass is 32.2. The number of carbonyl (C=O) groups is 1. The van der Waals surface area contributed by atoms with Crippen LogP contribution in [0.15, 0.2) is 23.6 Å². The molecule has 0 radical (unpaired) electrons. The lowest BCUT2D eigenvalue weighted by atomic mass is 10.7. The molecular formula is C6H6N2O2S. The first-order valence-electron chi connectivity index (χ1n) is 2.91. The predicted molar refractivity (Wildman–Crippen MR) is 39.7 cm³/mol. The third-order valence-corrected chi connectivity index (χ3v) is 1.45. The first kappa shape index (κ1) is 8.00. The Morgan fingerprint density at radius 2 is 2.18 bits per heavy atom. The third kappa shape index (κ3) is 2.99. The van der Waals surface area contributed by atoms with Crippen LogP contribution < -0.4 is 0 Å². The minimum atomic E-state index is -0.359. The molecule has 0 spiro atoms. The van der Waals surface area contributed by atoms with Crippen LogP contribution in [0.4, 0.5) is 0 Å². The molecular weight excluding hydrogens is 164 g/mol. The fourth-order valence-corrected chi connectivity index (χ4v) is 0.824. The molecule has 0 bridgehead atoms. The maximum atomic E-state index is 10.3. The van der Waals surface area contributed by atoms with Gasteiger partial charge in [0.05, 0.1) is 0 Å². The van der Waals surface area contributed by atoms with Crippen molar-refractivity contribution in [2.24, 2.45) is 0 Å². The second-order valence-electron chi connectivity index (χ2n) is 1.69. The highest BCUT2D eigenvalue weighted by Crippen LogP contribution is 2.11. The van der Waals surface area contributed by atoms with Gasteiger partial charge in [0.1, 0.15) is 12.0 Å². The quantitative estimate of drug-likeness (QED) is 0.490. The van der Waals surface area contributed by atoms with Gasteiger partial charge in [-0.1, -0.05) is 0 Å². The minimum Gasteiger partial charge on any atom is -0.383 e. The maximum absolute atomic E-state index is 10.3. The normalized spacial score (nSPS) is 9.18. The van der Waals surface area contributed by atoms with E-state index in [1.165, 1.54) is 6.92 Å². The number of aromatic nitrogens is 2. The highest BCUT2D eigenvalue weighted by Gasteiger charge is 1.98. The summed E-state index contributed by atoms with van der Waals surface area (Å²) < 4.78 is 4.58. The smallest absolute Gasteiger partial charge is 0.315 e. The summed E-state index contributed by atoms with van der Waals surface area (Å²) >= 11 is 0.857. The fourth-order valence-electron chi connectivity index (χ4n) is 0.424. The molecule has 0 saturated carbocycles. The minimum absolute atomic E-state index is 0.359. The van der Waals surface area contributed by atoms with Gasteiger partial charge in [0.15, 0.2) is 0 Å². The van der Waals surface area contributed by atoms with Crippen molar-refractivity contribution in [1.82, 2.24) is 9.97 Å². The predicted octanol–water partition coefficient (Wildman–Crippen LogP) is 1.05. The van der Waals surface area contributed by atoms with Crippen molar-refractivity contribution >= 4 is 18.0 Å². The molecule has 0 unspecified atom stereocenters. The van der Waals surface area contributed by atoms with Crippen LogP contribution in [-0.4, -0.2) is 15.9 Å². The van der Waals surface area contributed by atoms with Crippen molar-refractivity contribution in [1.29, 1.82) is 0 Å². The average molecular weight is 170 g/mol. The average Bonchev–Trinajstić information content (AvgIpc) is 2.03. The SMILES string of the molecule is CC(=O)OSc1ncccn1. The van der Waals surface area contributed by atoms with Gasteiger partial charge in [-0.05, 0) is 6.07 Å². The van der Waals surface area contributed by atoms with Crippen LogP contribution in [0, 0.1) is 0 Å². The molecule has 0 aliphatic rings. The van der Waals surface area contributed by atoms with Gasteiger partial charge in [-0.25, -0.2) is 9.97 Å². The Balaban J connectivity index is 2.45. The molecule has 0 aromatic carbocycles. The van der Waals surface area contributed by atoms with Crippen LogP contribution in [0.1, 0.15) is 6.92 Å². The van der Waals surface area contributed by atoms with Gasteiger partial charge in [0.25, 0.3) is 0 Å². The maximum Gasteiger partial charge on any atom is 0.315 e. The first-order valence-corrected chi connectivity index (χ1v) is 3.65. The van der Waals surface area contributed by atoms with Crippen LogP contribution in [0.3, 0.4) is 0 Å². The van der Waals surface area contributed by atoms with Crippen LogP contribution in [0.25, 0.3) is 0 Å². The molecule has 0 aliphatic carbocycles. The van der Waals surface area contributed by atoms with Crippen LogP contribution in [0.2, 0.25) is 0 Å². The highest BCUT2D eigenvalue weighted by molar-refractivity contribution is 7.94. The second-order valence-corrected chi connectivity index (χ2v) is 2.39. The third-order valence-electron chi connectivity index (χ3n) is 0.776. The molecule has 0 N–H and O–H groups in total. The van der Waals surface area contributed by atoms with E-state index >= 15 is 0 Å². The summed E-state index contributed by atoms with van der Waals surface area (Å²) in [5, 5.41) is 0.433. The lowest BCUT2D eigenvalue weighted by Crippen LogP contribution is -1.91. The Hall–Kier alpha value is -1.10. The molecule has 58 valence electrons. The number of hydrogen-bond acceptors (Lipinski definition) is 5. The second kappa shape index (κ2) is 3.92. The largest absolute Gasteiger partial charge is 0.383 e. The van der Waals surface area contributed by atoms with Gasteiger partial charge in [-0.15, -0.1) is 0 Å². The van der Waals surface area contributed by atoms with Crippen LogP contribution >= 0.6 is 12.0 Å². The van der Waals surface area contributed by atoms with Gasteiger partial charge in [0.2, 0.25) is 5.16 Å². The zero-order valence-electron chi connectivity index (χ0n) is 5.85. The van der Waals surface area contributed by atoms with Gasteiger partial charge in [-0.2, -0.15) is 0 Å². The van der Waals surface area contributed by atoms with Gasteiger partial charge < -0.3 is 4.18 Å². The van der Waals surface area contributed by atoms with E-state index < -0.39 is 0 Å². The topological polar surface area (TPSA) is 52.1 Å². The van der Waals surface area contributed by atoms with Crippen molar-refractivity contribution in [3.8, 4) is 0 Å². The lowest BCUT2D eigenvalue weighted by molar-refractivity contribution is -0.130. The molecule has 0 aliphatic heterocycles. The summed E-state index contributed by atoms with van der Waals surface area (Å²) in [6, 6.07) is 1.69. The van der Waals surface area contributed by atoms with Crippen molar-refractivity contribution in [3.63, 3.8) is 0 Å². The number of nitrogens with zero attached hydrogens (tertiary/aromatic N) is 2. The van der Waals surface area contributed by atoms with E-state index in [2.05, 4.69) is 14.2 Å². The Morgan fingerprint density at radius 1 is 1.55 bits per heavy atom. The monoisotopic (exact) mass is 170 g/mol. The van der Waals surface area contributed by atoms with Crippen molar-refractivity contribution in [3.05, 3.63) is 18.5 Å². The van der Waals surface area contributed by atoms with E-state index in [4.69, 9.17) is 0 Å². The van der Waals surface area contributed by atoms with Crippen LogP contribution in [0.5, 0.6) is 0 Å². The molecule has 0 fully saturated rings. The zero-order valence-corrected chi connectivity index (χ0v) is 6.67. The van der Waals surface area contributed by atoms with E-state index in [-0.39, 0.29) is 5.97 Å². The van der Waals surface area contributed by atoms with E-state index in [1.54, 1.807) is 18.5 Å². The summed E-state index contributed by atoms with van der Waals surface area (Å²) in [6.07, 6.45) is 3.16. The molecule has 4 nitrogen and oxygen atoms in total. The Kier molecular flexibility index (Phi) is 2.85. The van der Waals surface area contributed by atoms with E-state index in [0.717, 1.165) is 12.0 Å². The molecule has 0 saturated heterocycles. The molecule has 0 amide bonds.